The number of likely N-dealkylation sites (N-methyl/N-ethyl adjacent to an activating group) is 1. The number of phosphoric acid groups is 1. The molecule has 0 aliphatic carbocycles. The number of rotatable bonds is 80. The highest BCUT2D eigenvalue weighted by molar-refractivity contribution is 7.45. The fraction of sp³-hybridized carbons (Fsp3) is 0.862. The Kier molecular flexibility index (Phi) is 76.0. The van der Waals surface area contributed by atoms with Gasteiger partial charge in [0, 0.05) is 12.8 Å². The third-order valence-corrected chi connectivity index (χ3v) is 20.3. The Morgan fingerprint density at radius 3 is 0.876 bits per heavy atom. The summed E-state index contributed by atoms with van der Waals surface area (Å²) in [6.07, 6.45) is 105. The molecule has 0 rings (SSSR count). The van der Waals surface area contributed by atoms with Gasteiger partial charge in [0.05, 0.1) is 27.7 Å². The first kappa shape index (κ1) is 94.7. The number of nitrogens with zero attached hydrogens (tertiary/aromatic N) is 1. The molecule has 0 saturated heterocycles. The predicted octanol–water partition coefficient (Wildman–Crippen LogP) is 27.8. The molecule has 10 heteroatoms. The third kappa shape index (κ3) is 82.6. The molecule has 0 saturated carbocycles. The largest absolute Gasteiger partial charge is 0.756 e. The second-order valence-electron chi connectivity index (χ2n) is 30.2. The number of hydrogen-bond acceptors (Lipinski definition) is 8. The predicted molar refractivity (Wildman–Crippen MR) is 420 cm³/mol. The lowest BCUT2D eigenvalue weighted by atomic mass is 10.0. The molecule has 0 aliphatic heterocycles. The first-order valence-electron chi connectivity index (χ1n) is 42.5. The zero-order chi connectivity index (χ0) is 70.4. The highest BCUT2D eigenvalue weighted by Crippen LogP contribution is 2.38. The summed E-state index contributed by atoms with van der Waals surface area (Å²) in [5, 5.41) is 0. The van der Waals surface area contributed by atoms with Crippen LogP contribution in [0.4, 0.5) is 0 Å². The zero-order valence-electron chi connectivity index (χ0n) is 65.3. The van der Waals surface area contributed by atoms with Crippen LogP contribution in [0.2, 0.25) is 0 Å². The van der Waals surface area contributed by atoms with Crippen molar-refractivity contribution < 1.29 is 42.1 Å². The standard InChI is InChI=1S/C87H164NO8P/c1-6-8-10-12-14-16-18-20-22-24-26-28-30-32-34-36-38-40-42-43-44-46-47-49-51-53-55-57-59-61-63-65-67-69-71-73-75-77-79-86(89)93-83-85(84-95-97(91,92)94-82-81-88(3,4)5)96-87(90)80-78-76-74-72-70-68-66-64-62-60-58-56-54-52-50-48-45-41-39-37-35-33-31-29-27-25-23-21-19-17-15-13-11-9-7-2/h9,11,15,17,21,23,27,29,33,35,85H,6-8,10,12-14,16,18-20,22,24-26,28,30-32,34,36-84H2,1-5H3/b11-9-,17-15-,23-21-,29-27-,35-33-. The SMILES string of the molecule is CC/C=C\C/C=C\C/C=C\C/C=C\C/C=C\CCCCCCCCCCCCCCCCCCCCCC(=O)OC(COC(=O)CCCCCCCCCCCCCCCCCCCCCCCCCCCCCCCCCCCCCCCC)COP(=O)([O-])OCC[N+](C)(C)C. The van der Waals surface area contributed by atoms with Gasteiger partial charge < -0.3 is 27.9 Å². The summed E-state index contributed by atoms with van der Waals surface area (Å²) in [5.41, 5.74) is 0. The first-order chi connectivity index (χ1) is 47.5. The Morgan fingerprint density at radius 2 is 0.588 bits per heavy atom. The van der Waals surface area contributed by atoms with Crippen molar-refractivity contribution in [3.05, 3.63) is 60.8 Å². The van der Waals surface area contributed by atoms with Gasteiger partial charge in [-0.2, -0.15) is 0 Å². The van der Waals surface area contributed by atoms with Crippen LogP contribution in [0, 0.1) is 0 Å². The fourth-order valence-corrected chi connectivity index (χ4v) is 13.6. The van der Waals surface area contributed by atoms with E-state index in [0.717, 1.165) is 64.2 Å². The Morgan fingerprint density at radius 1 is 0.330 bits per heavy atom. The van der Waals surface area contributed by atoms with E-state index in [2.05, 4.69) is 74.6 Å². The van der Waals surface area contributed by atoms with Crippen LogP contribution in [0.1, 0.15) is 431 Å². The maximum Gasteiger partial charge on any atom is 0.306 e. The summed E-state index contributed by atoms with van der Waals surface area (Å²) in [5.74, 6) is -0.809. The smallest absolute Gasteiger partial charge is 0.306 e. The number of unbranched alkanes of at least 4 members (excludes halogenated alkanes) is 56. The first-order valence-corrected chi connectivity index (χ1v) is 44.0. The number of esters is 2. The molecule has 0 fully saturated rings. The summed E-state index contributed by atoms with van der Waals surface area (Å²) >= 11 is 0. The summed E-state index contributed by atoms with van der Waals surface area (Å²) in [6.45, 7) is 4.21. The number of allylic oxidation sites excluding steroid dienone is 10. The normalized spacial score (nSPS) is 13.3. The topological polar surface area (TPSA) is 111 Å². The summed E-state index contributed by atoms with van der Waals surface area (Å²) in [4.78, 5) is 38.2. The van der Waals surface area contributed by atoms with E-state index in [1.165, 1.54) is 334 Å². The monoisotopic (exact) mass is 1380 g/mol. The minimum Gasteiger partial charge on any atom is -0.756 e. The fourth-order valence-electron chi connectivity index (χ4n) is 12.9. The van der Waals surface area contributed by atoms with Gasteiger partial charge in [0.15, 0.2) is 6.10 Å². The molecule has 97 heavy (non-hydrogen) atoms. The number of ether oxygens (including phenoxy) is 2. The molecule has 0 spiro atoms. The Bertz CT molecular complexity index is 1820. The van der Waals surface area contributed by atoms with Crippen molar-refractivity contribution in [2.75, 3.05) is 47.5 Å². The van der Waals surface area contributed by atoms with Crippen molar-refractivity contribution in [1.29, 1.82) is 0 Å². The van der Waals surface area contributed by atoms with Gasteiger partial charge in [-0.1, -0.05) is 421 Å². The lowest BCUT2D eigenvalue weighted by Crippen LogP contribution is -2.37. The Labute approximate surface area is 604 Å². The molecular formula is C87H164NO8P. The van der Waals surface area contributed by atoms with E-state index in [-0.39, 0.29) is 32.0 Å². The van der Waals surface area contributed by atoms with Gasteiger partial charge in [-0.3, -0.25) is 14.2 Å². The molecule has 570 valence electrons. The van der Waals surface area contributed by atoms with Crippen molar-refractivity contribution in [3.63, 3.8) is 0 Å². The van der Waals surface area contributed by atoms with Crippen LogP contribution in [0.5, 0.6) is 0 Å². The van der Waals surface area contributed by atoms with E-state index < -0.39 is 26.5 Å². The molecule has 0 amide bonds. The van der Waals surface area contributed by atoms with E-state index in [0.29, 0.717) is 17.4 Å². The molecule has 0 radical (unpaired) electrons. The van der Waals surface area contributed by atoms with E-state index >= 15 is 0 Å². The summed E-state index contributed by atoms with van der Waals surface area (Å²) < 4.78 is 34.5. The Balaban J connectivity index is 3.87. The number of hydrogen-bond donors (Lipinski definition) is 0. The zero-order valence-corrected chi connectivity index (χ0v) is 66.2. The van der Waals surface area contributed by atoms with Crippen molar-refractivity contribution >= 4 is 19.8 Å². The molecule has 0 aromatic rings. The van der Waals surface area contributed by atoms with Crippen LogP contribution in [-0.2, 0) is 32.7 Å². The van der Waals surface area contributed by atoms with Crippen LogP contribution >= 0.6 is 7.82 Å². The molecule has 2 unspecified atom stereocenters. The van der Waals surface area contributed by atoms with E-state index in [9.17, 15) is 19.0 Å². The van der Waals surface area contributed by atoms with Crippen LogP contribution in [-0.4, -0.2) is 70.0 Å². The van der Waals surface area contributed by atoms with Crippen molar-refractivity contribution in [3.8, 4) is 0 Å². The summed E-state index contributed by atoms with van der Waals surface area (Å²) in [7, 11) is 1.19. The van der Waals surface area contributed by atoms with E-state index in [1.807, 2.05) is 21.1 Å². The average molecular weight is 1380 g/mol. The lowest BCUT2D eigenvalue weighted by molar-refractivity contribution is -0.870. The molecule has 0 aromatic carbocycles. The number of quaternary nitrogens is 1. The lowest BCUT2D eigenvalue weighted by Gasteiger charge is -2.28. The van der Waals surface area contributed by atoms with Crippen LogP contribution in [0.25, 0.3) is 0 Å². The van der Waals surface area contributed by atoms with Gasteiger partial charge in [-0.15, -0.1) is 0 Å². The molecule has 0 aromatic heterocycles. The molecule has 2 atom stereocenters. The van der Waals surface area contributed by atoms with Crippen molar-refractivity contribution in [2.45, 2.75) is 437 Å². The molecule has 0 N–H and O–H groups in total. The van der Waals surface area contributed by atoms with Gasteiger partial charge in [-0.05, 0) is 57.8 Å². The van der Waals surface area contributed by atoms with Gasteiger partial charge in [-0.25, -0.2) is 0 Å². The quantitative estimate of drug-likeness (QED) is 0.0195. The maximum absolute atomic E-state index is 12.9. The molecule has 0 heterocycles. The minimum absolute atomic E-state index is 0.0285. The number of phosphoric ester groups is 1. The van der Waals surface area contributed by atoms with Crippen molar-refractivity contribution in [1.82, 2.24) is 0 Å². The highest BCUT2D eigenvalue weighted by atomic mass is 31.2. The van der Waals surface area contributed by atoms with Crippen molar-refractivity contribution in [2.24, 2.45) is 0 Å². The maximum atomic E-state index is 12.9. The average Bonchev–Trinajstić information content (AvgIpc) is 1.69. The highest BCUT2D eigenvalue weighted by Gasteiger charge is 2.22. The van der Waals surface area contributed by atoms with Crippen LogP contribution in [0.3, 0.4) is 0 Å². The van der Waals surface area contributed by atoms with Gasteiger partial charge in [0.1, 0.15) is 19.8 Å². The molecule has 0 aliphatic rings. The third-order valence-electron chi connectivity index (χ3n) is 19.3. The molecule has 0 bridgehead atoms. The van der Waals surface area contributed by atoms with E-state index in [4.69, 9.17) is 18.5 Å². The van der Waals surface area contributed by atoms with Crippen LogP contribution < -0.4 is 4.89 Å². The molecule has 9 nitrogen and oxygen atoms in total. The van der Waals surface area contributed by atoms with Crippen LogP contribution in [0.15, 0.2) is 60.8 Å². The number of carbonyl (C=O) groups is 2. The van der Waals surface area contributed by atoms with Gasteiger partial charge >= 0.3 is 11.9 Å². The molecular weight excluding hydrogens is 1220 g/mol. The summed E-state index contributed by atoms with van der Waals surface area (Å²) in [6, 6.07) is 0. The Hall–Kier alpha value is -2.29. The van der Waals surface area contributed by atoms with E-state index in [1.54, 1.807) is 0 Å². The van der Waals surface area contributed by atoms with Gasteiger partial charge in [0.25, 0.3) is 7.82 Å². The second-order valence-corrected chi connectivity index (χ2v) is 31.6. The minimum atomic E-state index is -4.65. The number of carbonyl (C=O) groups excluding carboxylic acids is 2. The van der Waals surface area contributed by atoms with Gasteiger partial charge in [0.2, 0.25) is 0 Å². The second kappa shape index (κ2) is 77.9.